The molecule has 0 aliphatic carbocycles. The molecule has 6 aromatic rings. The van der Waals surface area contributed by atoms with Crippen molar-refractivity contribution in [3.63, 3.8) is 0 Å². The average molecular weight is 490 g/mol. The van der Waals surface area contributed by atoms with E-state index in [1.54, 1.807) is 12.1 Å². The molecular formula is C31H21ClFN3. The van der Waals surface area contributed by atoms with Gasteiger partial charge in [-0.05, 0) is 41.0 Å². The van der Waals surface area contributed by atoms with Gasteiger partial charge in [-0.1, -0.05) is 115 Å². The maximum atomic E-state index is 14.3. The Morgan fingerprint density at radius 2 is 1.19 bits per heavy atom. The first-order valence-electron chi connectivity index (χ1n) is 11.7. The molecule has 174 valence electrons. The molecular weight excluding hydrogens is 469 g/mol. The van der Waals surface area contributed by atoms with Gasteiger partial charge >= 0.3 is 0 Å². The molecule has 36 heavy (non-hydrogen) atoms. The lowest BCUT2D eigenvalue weighted by molar-refractivity contribution is 0.477. The summed E-state index contributed by atoms with van der Waals surface area (Å²) < 4.78 is 16.3. The van der Waals surface area contributed by atoms with Crippen molar-refractivity contribution in [1.29, 1.82) is 0 Å². The number of rotatable bonds is 5. The Balaban J connectivity index is 1.80. The van der Waals surface area contributed by atoms with Gasteiger partial charge in [0.2, 0.25) is 0 Å². The highest BCUT2D eigenvalue weighted by molar-refractivity contribution is 6.29. The Kier molecular flexibility index (Phi) is 5.59. The van der Waals surface area contributed by atoms with E-state index in [1.807, 2.05) is 71.4 Å². The maximum Gasteiger partial charge on any atom is 0.138 e. The number of aromatic nitrogens is 3. The van der Waals surface area contributed by atoms with Gasteiger partial charge in [-0.2, -0.15) is 5.10 Å². The summed E-state index contributed by atoms with van der Waals surface area (Å²) in [6.07, 6.45) is 0. The fraction of sp³-hybridized carbons (Fsp3) is 0.0323. The third-order valence-electron chi connectivity index (χ3n) is 6.48. The summed E-state index contributed by atoms with van der Waals surface area (Å²) in [7, 11) is 0. The normalized spacial score (nSPS) is 11.6. The van der Waals surface area contributed by atoms with Crippen LogP contribution >= 0.6 is 11.6 Å². The summed E-state index contributed by atoms with van der Waals surface area (Å²) in [4.78, 5) is 4.66. The molecule has 2 aromatic heterocycles. The summed E-state index contributed by atoms with van der Waals surface area (Å²) in [6.45, 7) is 0. The molecule has 0 aliphatic rings. The summed E-state index contributed by atoms with van der Waals surface area (Å²) >= 11 is 6.36. The fourth-order valence-electron chi connectivity index (χ4n) is 4.97. The van der Waals surface area contributed by atoms with Gasteiger partial charge in [-0.25, -0.2) is 14.1 Å². The molecule has 4 aromatic carbocycles. The fourth-order valence-corrected chi connectivity index (χ4v) is 5.11. The van der Waals surface area contributed by atoms with Crippen LogP contribution < -0.4 is 0 Å². The topological polar surface area (TPSA) is 30.7 Å². The summed E-state index contributed by atoms with van der Waals surface area (Å²) in [5, 5.41) is 5.52. The summed E-state index contributed by atoms with van der Waals surface area (Å²) in [6, 6.07) is 41.0. The molecule has 6 rings (SSSR count). The molecule has 0 aliphatic heterocycles. The predicted octanol–water partition coefficient (Wildman–Crippen LogP) is 7.73. The second-order valence-electron chi connectivity index (χ2n) is 8.58. The Morgan fingerprint density at radius 1 is 0.639 bits per heavy atom. The van der Waals surface area contributed by atoms with Crippen LogP contribution in [0.2, 0.25) is 5.15 Å². The van der Waals surface area contributed by atoms with Crippen LogP contribution in [0.15, 0.2) is 127 Å². The smallest absolute Gasteiger partial charge is 0.138 e. The lowest BCUT2D eigenvalue weighted by atomic mass is 9.77. The van der Waals surface area contributed by atoms with E-state index < -0.39 is 5.54 Å². The van der Waals surface area contributed by atoms with E-state index in [0.717, 1.165) is 22.2 Å². The third kappa shape index (κ3) is 3.58. The number of fused-ring (bicyclic) bond motifs is 1. The second-order valence-corrected chi connectivity index (χ2v) is 8.97. The molecule has 5 heteroatoms. The van der Waals surface area contributed by atoms with Crippen LogP contribution in [0.1, 0.15) is 16.7 Å². The van der Waals surface area contributed by atoms with Crippen molar-refractivity contribution in [2.75, 3.05) is 0 Å². The molecule has 3 nitrogen and oxygen atoms in total. The highest BCUT2D eigenvalue weighted by Crippen LogP contribution is 2.43. The molecule has 0 N–H and O–H groups in total. The van der Waals surface area contributed by atoms with Gasteiger partial charge in [0.25, 0.3) is 0 Å². The summed E-state index contributed by atoms with van der Waals surface area (Å²) in [5.74, 6) is -0.335. The van der Waals surface area contributed by atoms with Crippen molar-refractivity contribution >= 4 is 22.6 Å². The highest BCUT2D eigenvalue weighted by atomic mass is 35.5. The van der Waals surface area contributed by atoms with E-state index in [9.17, 15) is 4.39 Å². The standard InChI is InChI=1S/C31H21ClFN3/c32-28-20-19-27-30(34-28)29(22-11-10-18-26(33)21-22)35-36(27)31(23-12-4-1-5-13-23,24-14-6-2-7-15-24)25-16-8-3-9-17-25/h1-21H. The van der Waals surface area contributed by atoms with E-state index in [2.05, 4.69) is 41.4 Å². The minimum Gasteiger partial charge on any atom is -0.243 e. The van der Waals surface area contributed by atoms with Crippen LogP contribution in [0.3, 0.4) is 0 Å². The van der Waals surface area contributed by atoms with Crippen LogP contribution in [-0.4, -0.2) is 14.8 Å². The first-order valence-corrected chi connectivity index (χ1v) is 12.0. The van der Waals surface area contributed by atoms with Crippen molar-refractivity contribution in [3.05, 3.63) is 155 Å². The van der Waals surface area contributed by atoms with Crippen LogP contribution in [0.4, 0.5) is 4.39 Å². The molecule has 2 heterocycles. The summed E-state index contributed by atoms with van der Waals surface area (Å²) in [5.41, 5.74) is 4.88. The minimum absolute atomic E-state index is 0.335. The number of nitrogens with zero attached hydrogens (tertiary/aromatic N) is 3. The van der Waals surface area contributed by atoms with Gasteiger partial charge in [0, 0.05) is 5.56 Å². The van der Waals surface area contributed by atoms with E-state index >= 15 is 0 Å². The van der Waals surface area contributed by atoms with Crippen LogP contribution in [0.5, 0.6) is 0 Å². The van der Waals surface area contributed by atoms with Crippen LogP contribution in [-0.2, 0) is 5.54 Å². The number of benzene rings is 4. The molecule has 0 atom stereocenters. The van der Waals surface area contributed by atoms with E-state index in [1.165, 1.54) is 12.1 Å². The Labute approximate surface area is 213 Å². The lowest BCUT2D eigenvalue weighted by Gasteiger charge is -2.37. The monoisotopic (exact) mass is 489 g/mol. The quantitative estimate of drug-likeness (QED) is 0.183. The molecule has 0 fully saturated rings. The first-order chi connectivity index (χ1) is 17.7. The number of pyridine rings is 1. The van der Waals surface area contributed by atoms with Crippen molar-refractivity contribution < 1.29 is 4.39 Å². The molecule has 0 spiro atoms. The Hall–Kier alpha value is -4.28. The van der Waals surface area contributed by atoms with E-state index in [0.29, 0.717) is 21.9 Å². The van der Waals surface area contributed by atoms with Gasteiger partial charge < -0.3 is 0 Å². The molecule has 0 amide bonds. The average Bonchev–Trinajstić information content (AvgIpc) is 3.30. The van der Waals surface area contributed by atoms with Gasteiger partial charge in [0.15, 0.2) is 0 Å². The lowest BCUT2D eigenvalue weighted by Crippen LogP contribution is -2.38. The molecule has 0 saturated carbocycles. The number of hydrogen-bond donors (Lipinski definition) is 0. The predicted molar refractivity (Wildman–Crippen MR) is 143 cm³/mol. The molecule has 0 radical (unpaired) electrons. The van der Waals surface area contributed by atoms with Crippen LogP contribution in [0, 0.1) is 5.82 Å². The Bertz CT molecular complexity index is 1550. The highest BCUT2D eigenvalue weighted by Gasteiger charge is 2.41. The van der Waals surface area contributed by atoms with Gasteiger partial charge in [-0.3, -0.25) is 0 Å². The molecule has 0 unspecified atom stereocenters. The van der Waals surface area contributed by atoms with E-state index in [-0.39, 0.29) is 5.82 Å². The largest absolute Gasteiger partial charge is 0.243 e. The van der Waals surface area contributed by atoms with Crippen LogP contribution in [0.25, 0.3) is 22.3 Å². The maximum absolute atomic E-state index is 14.3. The zero-order chi connectivity index (χ0) is 24.5. The van der Waals surface area contributed by atoms with Crippen molar-refractivity contribution in [2.24, 2.45) is 0 Å². The SMILES string of the molecule is Fc1cccc(-c2nn(C(c3ccccc3)(c3ccccc3)c3ccccc3)c3ccc(Cl)nc23)c1. The van der Waals surface area contributed by atoms with Gasteiger partial charge in [-0.15, -0.1) is 0 Å². The van der Waals surface area contributed by atoms with Crippen molar-refractivity contribution in [2.45, 2.75) is 5.54 Å². The number of halogens is 2. The van der Waals surface area contributed by atoms with Crippen molar-refractivity contribution in [3.8, 4) is 11.3 Å². The first kappa shape index (κ1) is 22.2. The third-order valence-corrected chi connectivity index (χ3v) is 6.69. The van der Waals surface area contributed by atoms with Gasteiger partial charge in [0.1, 0.15) is 27.7 Å². The molecule has 0 saturated heterocycles. The Morgan fingerprint density at radius 3 is 1.72 bits per heavy atom. The zero-order valence-electron chi connectivity index (χ0n) is 19.2. The van der Waals surface area contributed by atoms with E-state index in [4.69, 9.17) is 16.7 Å². The molecule has 0 bridgehead atoms. The van der Waals surface area contributed by atoms with Crippen molar-refractivity contribution in [1.82, 2.24) is 14.8 Å². The number of hydrogen-bond acceptors (Lipinski definition) is 2. The minimum atomic E-state index is -0.830. The second kappa shape index (κ2) is 9.06. The van der Waals surface area contributed by atoms with Gasteiger partial charge in [0.05, 0.1) is 5.52 Å². The zero-order valence-corrected chi connectivity index (χ0v) is 20.0.